The van der Waals surface area contributed by atoms with E-state index in [1.54, 1.807) is 6.33 Å². The van der Waals surface area contributed by atoms with E-state index in [1.807, 2.05) is 44.4 Å². The van der Waals surface area contributed by atoms with Gasteiger partial charge in [0, 0.05) is 58.7 Å². The highest BCUT2D eigenvalue weighted by molar-refractivity contribution is 5.50. The highest BCUT2D eigenvalue weighted by atomic mass is 15.3. The molecular weight excluding hydrogens is 290 g/mol. The molecule has 0 spiro atoms. The summed E-state index contributed by atoms with van der Waals surface area (Å²) < 4.78 is 0. The molecule has 23 heavy (non-hydrogen) atoms. The summed E-state index contributed by atoms with van der Waals surface area (Å²) in [4.78, 5) is 24.0. The summed E-state index contributed by atoms with van der Waals surface area (Å²) in [7, 11) is 6.06. The van der Waals surface area contributed by atoms with E-state index in [1.165, 1.54) is 0 Å². The van der Waals surface area contributed by atoms with Crippen LogP contribution in [0, 0.1) is 6.92 Å². The van der Waals surface area contributed by atoms with Crippen LogP contribution in [0.25, 0.3) is 0 Å². The second-order valence-corrected chi connectivity index (χ2v) is 6.19. The zero-order valence-corrected chi connectivity index (χ0v) is 14.1. The van der Waals surface area contributed by atoms with E-state index in [0.717, 1.165) is 42.7 Å². The lowest BCUT2D eigenvalue weighted by Gasteiger charge is -2.26. The minimum Gasteiger partial charge on any atom is -0.363 e. The molecule has 1 aliphatic rings. The Balaban J connectivity index is 1.71. The van der Waals surface area contributed by atoms with Gasteiger partial charge in [-0.15, -0.1) is 0 Å². The number of hydrogen-bond acceptors (Lipinski definition) is 7. The Kier molecular flexibility index (Phi) is 4.27. The highest BCUT2D eigenvalue weighted by Gasteiger charge is 2.28. The zero-order chi connectivity index (χ0) is 16.4. The van der Waals surface area contributed by atoms with Gasteiger partial charge in [0.2, 0.25) is 5.95 Å². The van der Waals surface area contributed by atoms with Gasteiger partial charge in [-0.25, -0.2) is 19.9 Å². The van der Waals surface area contributed by atoms with E-state index in [9.17, 15) is 0 Å². The molecule has 1 aliphatic heterocycles. The van der Waals surface area contributed by atoms with Crippen molar-refractivity contribution in [2.75, 3.05) is 48.9 Å². The maximum atomic E-state index is 4.43. The standard InChI is InChI=1S/C16H23N7/c1-12-8-17-16(18-9-12)23-6-5-13(10-23)22(4)15-7-14(21(2)3)19-11-20-15/h7-9,11,13H,5-6,10H2,1-4H3. The molecule has 0 radical (unpaired) electrons. The summed E-state index contributed by atoms with van der Waals surface area (Å²) in [5, 5.41) is 0. The van der Waals surface area contributed by atoms with Crippen LogP contribution in [0.15, 0.2) is 24.8 Å². The van der Waals surface area contributed by atoms with Crippen molar-refractivity contribution in [2.24, 2.45) is 0 Å². The van der Waals surface area contributed by atoms with Crippen molar-refractivity contribution in [3.8, 4) is 0 Å². The molecule has 3 rings (SSSR count). The second kappa shape index (κ2) is 6.36. The molecule has 0 saturated carbocycles. The van der Waals surface area contributed by atoms with Crippen molar-refractivity contribution in [1.82, 2.24) is 19.9 Å². The maximum Gasteiger partial charge on any atom is 0.225 e. The number of aryl methyl sites for hydroxylation is 1. The first kappa shape index (κ1) is 15.5. The third kappa shape index (κ3) is 3.33. The van der Waals surface area contributed by atoms with E-state index in [4.69, 9.17) is 0 Å². The minimum absolute atomic E-state index is 0.393. The fourth-order valence-electron chi connectivity index (χ4n) is 2.75. The first-order valence-electron chi connectivity index (χ1n) is 7.80. The van der Waals surface area contributed by atoms with E-state index in [2.05, 4.69) is 36.8 Å². The van der Waals surface area contributed by atoms with E-state index >= 15 is 0 Å². The summed E-state index contributed by atoms with van der Waals surface area (Å²) in [6, 6.07) is 2.41. The van der Waals surface area contributed by atoms with Gasteiger partial charge in [0.15, 0.2) is 0 Å². The van der Waals surface area contributed by atoms with Crippen molar-refractivity contribution < 1.29 is 0 Å². The Morgan fingerprint density at radius 1 is 1.04 bits per heavy atom. The number of rotatable bonds is 4. The van der Waals surface area contributed by atoms with Crippen LogP contribution in [0.5, 0.6) is 0 Å². The fourth-order valence-corrected chi connectivity index (χ4v) is 2.75. The third-order valence-electron chi connectivity index (χ3n) is 4.22. The summed E-state index contributed by atoms with van der Waals surface area (Å²) >= 11 is 0. The van der Waals surface area contributed by atoms with Gasteiger partial charge in [0.25, 0.3) is 0 Å². The van der Waals surface area contributed by atoms with Crippen molar-refractivity contribution >= 4 is 17.6 Å². The van der Waals surface area contributed by atoms with Gasteiger partial charge in [-0.2, -0.15) is 0 Å². The average Bonchev–Trinajstić information content (AvgIpc) is 3.05. The Labute approximate surface area is 137 Å². The molecule has 0 aliphatic carbocycles. The molecule has 1 saturated heterocycles. The molecule has 2 aromatic rings. The van der Waals surface area contributed by atoms with Gasteiger partial charge < -0.3 is 14.7 Å². The maximum absolute atomic E-state index is 4.43. The summed E-state index contributed by atoms with van der Waals surface area (Å²) in [6.45, 7) is 3.87. The molecule has 0 amide bonds. The molecular formula is C16H23N7. The molecule has 0 aromatic carbocycles. The average molecular weight is 313 g/mol. The smallest absolute Gasteiger partial charge is 0.225 e. The fraction of sp³-hybridized carbons (Fsp3) is 0.500. The lowest BCUT2D eigenvalue weighted by atomic mass is 10.2. The number of nitrogens with zero attached hydrogens (tertiary/aromatic N) is 7. The summed E-state index contributed by atoms with van der Waals surface area (Å²) in [5.74, 6) is 2.67. The molecule has 1 unspecified atom stereocenters. The Morgan fingerprint density at radius 2 is 1.74 bits per heavy atom. The van der Waals surface area contributed by atoms with Gasteiger partial charge in [-0.1, -0.05) is 0 Å². The molecule has 2 aromatic heterocycles. The molecule has 1 fully saturated rings. The van der Waals surface area contributed by atoms with Crippen LogP contribution < -0.4 is 14.7 Å². The second-order valence-electron chi connectivity index (χ2n) is 6.19. The van der Waals surface area contributed by atoms with Crippen molar-refractivity contribution in [3.05, 3.63) is 30.4 Å². The van der Waals surface area contributed by atoms with Crippen molar-refractivity contribution in [1.29, 1.82) is 0 Å². The Bertz CT molecular complexity index is 656. The number of likely N-dealkylation sites (N-methyl/N-ethyl adjacent to an activating group) is 1. The first-order valence-corrected chi connectivity index (χ1v) is 7.80. The summed E-state index contributed by atoms with van der Waals surface area (Å²) in [5.41, 5.74) is 1.08. The van der Waals surface area contributed by atoms with E-state index in [-0.39, 0.29) is 0 Å². The highest BCUT2D eigenvalue weighted by Crippen LogP contribution is 2.23. The van der Waals surface area contributed by atoms with Crippen LogP contribution in [0.1, 0.15) is 12.0 Å². The molecule has 0 N–H and O–H groups in total. The largest absolute Gasteiger partial charge is 0.363 e. The predicted octanol–water partition coefficient (Wildman–Crippen LogP) is 1.36. The molecule has 1 atom stereocenters. The van der Waals surface area contributed by atoms with Gasteiger partial charge in [-0.05, 0) is 18.9 Å². The SMILES string of the molecule is Cc1cnc(N2CCC(N(C)c3cc(N(C)C)ncn3)C2)nc1. The molecule has 3 heterocycles. The van der Waals surface area contributed by atoms with Crippen LogP contribution in [0.4, 0.5) is 17.6 Å². The number of hydrogen-bond donors (Lipinski definition) is 0. The molecule has 7 nitrogen and oxygen atoms in total. The normalized spacial score (nSPS) is 17.4. The van der Waals surface area contributed by atoms with Crippen LogP contribution >= 0.6 is 0 Å². The third-order valence-corrected chi connectivity index (χ3v) is 4.22. The number of aromatic nitrogens is 4. The summed E-state index contributed by atoms with van der Waals surface area (Å²) in [6.07, 6.45) is 6.42. The van der Waals surface area contributed by atoms with Crippen LogP contribution in [-0.4, -0.2) is 60.2 Å². The lowest BCUT2D eigenvalue weighted by Crippen LogP contribution is -2.35. The van der Waals surface area contributed by atoms with Gasteiger partial charge in [0.05, 0.1) is 0 Å². The Morgan fingerprint density at radius 3 is 2.43 bits per heavy atom. The van der Waals surface area contributed by atoms with Crippen molar-refractivity contribution in [3.63, 3.8) is 0 Å². The molecule has 7 heteroatoms. The molecule has 122 valence electrons. The van der Waals surface area contributed by atoms with Crippen molar-refractivity contribution in [2.45, 2.75) is 19.4 Å². The molecule has 0 bridgehead atoms. The van der Waals surface area contributed by atoms with E-state index < -0.39 is 0 Å². The van der Waals surface area contributed by atoms with Gasteiger partial charge >= 0.3 is 0 Å². The monoisotopic (exact) mass is 313 g/mol. The van der Waals surface area contributed by atoms with Gasteiger partial charge in [-0.3, -0.25) is 0 Å². The minimum atomic E-state index is 0.393. The quantitative estimate of drug-likeness (QED) is 0.844. The first-order chi connectivity index (χ1) is 11.0. The Hall–Kier alpha value is -2.44. The zero-order valence-electron chi connectivity index (χ0n) is 14.1. The topological polar surface area (TPSA) is 61.3 Å². The van der Waals surface area contributed by atoms with Crippen LogP contribution in [-0.2, 0) is 0 Å². The van der Waals surface area contributed by atoms with Gasteiger partial charge in [0.1, 0.15) is 18.0 Å². The predicted molar refractivity (Wildman–Crippen MR) is 92.1 cm³/mol. The van der Waals surface area contributed by atoms with Crippen LogP contribution in [0.2, 0.25) is 0 Å². The lowest BCUT2D eigenvalue weighted by molar-refractivity contribution is 0.682. The van der Waals surface area contributed by atoms with Crippen LogP contribution in [0.3, 0.4) is 0 Å². The number of anilines is 3. The van der Waals surface area contributed by atoms with E-state index in [0.29, 0.717) is 6.04 Å².